The molecule has 0 bridgehead atoms. The van der Waals surface area contributed by atoms with Gasteiger partial charge in [-0.25, -0.2) is 0 Å². The number of hydrogen-bond donors (Lipinski definition) is 4. The number of hydrogen-bond acceptors (Lipinski definition) is 4. The quantitative estimate of drug-likeness (QED) is 0.395. The predicted octanol–water partition coefficient (Wildman–Crippen LogP) is -1.15. The molecule has 0 unspecified atom stereocenters. The molecule has 0 atom stereocenters. The van der Waals surface area contributed by atoms with Crippen molar-refractivity contribution in [1.82, 2.24) is 10.6 Å². The minimum absolute atomic E-state index is 0.212. The lowest BCUT2D eigenvalue weighted by Gasteiger charge is -2.26. The molecule has 0 saturated carbocycles. The van der Waals surface area contributed by atoms with E-state index in [4.69, 9.17) is 10.2 Å². The van der Waals surface area contributed by atoms with E-state index in [1.807, 2.05) is 6.92 Å². The van der Waals surface area contributed by atoms with Crippen LogP contribution in [0.5, 0.6) is 0 Å². The van der Waals surface area contributed by atoms with E-state index in [9.17, 15) is 4.79 Å². The van der Waals surface area contributed by atoms with E-state index in [0.29, 0.717) is 0 Å². The van der Waals surface area contributed by atoms with Crippen molar-refractivity contribution in [2.45, 2.75) is 25.8 Å². The normalized spacial score (nSPS) is 11.4. The van der Waals surface area contributed by atoms with Crippen LogP contribution in [0.15, 0.2) is 0 Å². The molecule has 4 N–H and O–H groups in total. The van der Waals surface area contributed by atoms with Gasteiger partial charge in [0.2, 0.25) is 5.91 Å². The Morgan fingerprint density at radius 2 is 1.93 bits per heavy atom. The molecule has 0 aromatic heterocycles. The number of carbonyl (C=O) groups is 1. The number of nitrogens with one attached hydrogen (secondary N) is 2. The lowest BCUT2D eigenvalue weighted by atomic mass is 10.1. The number of aliphatic hydroxyl groups is 2. The average Bonchev–Trinajstić information content (AvgIpc) is 2.18. The summed E-state index contributed by atoms with van der Waals surface area (Å²) in [7, 11) is 0. The minimum atomic E-state index is -0.926. The molecule has 0 saturated heterocycles. The molecule has 0 heterocycles. The van der Waals surface area contributed by atoms with Gasteiger partial charge in [0.1, 0.15) is 0 Å². The number of carbonyl (C=O) groups excluding carboxylic acids is 1. The van der Waals surface area contributed by atoms with Crippen molar-refractivity contribution in [2.24, 2.45) is 0 Å². The fraction of sp³-hybridized carbons (Fsp3) is 0.889. The molecule has 14 heavy (non-hydrogen) atoms. The van der Waals surface area contributed by atoms with Crippen molar-refractivity contribution in [3.63, 3.8) is 0 Å². The van der Waals surface area contributed by atoms with E-state index in [-0.39, 0.29) is 25.7 Å². The molecule has 1 amide bonds. The lowest BCUT2D eigenvalue weighted by molar-refractivity contribution is -0.123. The van der Waals surface area contributed by atoms with Crippen LogP contribution in [0.1, 0.15) is 20.3 Å². The van der Waals surface area contributed by atoms with Gasteiger partial charge in [0.05, 0.1) is 25.3 Å². The summed E-state index contributed by atoms with van der Waals surface area (Å²) in [5, 5.41) is 23.3. The summed E-state index contributed by atoms with van der Waals surface area (Å²) >= 11 is 0. The molecule has 0 aromatic rings. The van der Waals surface area contributed by atoms with Crippen LogP contribution in [0.3, 0.4) is 0 Å². The maximum Gasteiger partial charge on any atom is 0.234 e. The zero-order valence-corrected chi connectivity index (χ0v) is 8.84. The highest BCUT2D eigenvalue weighted by atomic mass is 16.3. The Morgan fingerprint density at radius 3 is 2.36 bits per heavy atom. The Kier molecular flexibility index (Phi) is 6.44. The fourth-order valence-electron chi connectivity index (χ4n) is 0.889. The van der Waals surface area contributed by atoms with Crippen LogP contribution >= 0.6 is 0 Å². The summed E-state index contributed by atoms with van der Waals surface area (Å²) in [5.41, 5.74) is -0.926. The zero-order valence-electron chi connectivity index (χ0n) is 8.84. The maximum absolute atomic E-state index is 11.3. The Labute approximate surface area is 84.5 Å². The van der Waals surface area contributed by atoms with Crippen LogP contribution in [0.2, 0.25) is 0 Å². The minimum Gasteiger partial charge on any atom is -0.394 e. The second-order valence-corrected chi connectivity index (χ2v) is 3.60. The van der Waals surface area contributed by atoms with Gasteiger partial charge in [-0.05, 0) is 19.9 Å². The average molecular weight is 204 g/mol. The molecule has 0 aliphatic heterocycles. The van der Waals surface area contributed by atoms with Crippen LogP contribution < -0.4 is 10.6 Å². The van der Waals surface area contributed by atoms with E-state index in [1.165, 1.54) is 0 Å². The summed E-state index contributed by atoms with van der Waals surface area (Å²) in [4.78, 5) is 11.3. The third-order valence-corrected chi connectivity index (χ3v) is 1.85. The number of rotatable bonds is 7. The molecular weight excluding hydrogens is 184 g/mol. The highest BCUT2D eigenvalue weighted by Gasteiger charge is 2.23. The largest absolute Gasteiger partial charge is 0.394 e. The molecule has 5 heteroatoms. The molecule has 0 aliphatic rings. The molecule has 0 aromatic carbocycles. The fourth-order valence-corrected chi connectivity index (χ4v) is 0.889. The van der Waals surface area contributed by atoms with Crippen molar-refractivity contribution in [3.05, 3.63) is 0 Å². The summed E-state index contributed by atoms with van der Waals surface area (Å²) in [6, 6.07) is 0. The lowest BCUT2D eigenvalue weighted by Crippen LogP contribution is -2.53. The molecule has 0 spiro atoms. The van der Waals surface area contributed by atoms with Gasteiger partial charge >= 0.3 is 0 Å². The first-order valence-electron chi connectivity index (χ1n) is 4.81. The van der Waals surface area contributed by atoms with Crippen LogP contribution in [0, 0.1) is 0 Å². The van der Waals surface area contributed by atoms with Gasteiger partial charge in [-0.1, -0.05) is 6.92 Å². The molecule has 5 nitrogen and oxygen atoms in total. The first kappa shape index (κ1) is 13.4. The van der Waals surface area contributed by atoms with E-state index in [1.54, 1.807) is 6.92 Å². The van der Waals surface area contributed by atoms with Gasteiger partial charge in [-0.3, -0.25) is 4.79 Å². The van der Waals surface area contributed by atoms with Crippen molar-refractivity contribution in [3.8, 4) is 0 Å². The van der Waals surface area contributed by atoms with Crippen molar-refractivity contribution in [1.29, 1.82) is 0 Å². The smallest absolute Gasteiger partial charge is 0.234 e. The Hall–Kier alpha value is -0.650. The van der Waals surface area contributed by atoms with E-state index in [0.717, 1.165) is 13.0 Å². The van der Waals surface area contributed by atoms with E-state index >= 15 is 0 Å². The third kappa shape index (κ3) is 5.16. The summed E-state index contributed by atoms with van der Waals surface area (Å²) in [6.45, 7) is 4.04. The van der Waals surface area contributed by atoms with Crippen LogP contribution in [-0.4, -0.2) is 48.0 Å². The molecule has 84 valence electrons. The molecule has 0 fully saturated rings. The third-order valence-electron chi connectivity index (χ3n) is 1.85. The van der Waals surface area contributed by atoms with Gasteiger partial charge in [0.15, 0.2) is 0 Å². The van der Waals surface area contributed by atoms with Gasteiger partial charge < -0.3 is 20.8 Å². The van der Waals surface area contributed by atoms with Crippen molar-refractivity contribution < 1.29 is 15.0 Å². The van der Waals surface area contributed by atoms with E-state index in [2.05, 4.69) is 10.6 Å². The Morgan fingerprint density at radius 1 is 1.36 bits per heavy atom. The zero-order chi connectivity index (χ0) is 11.0. The number of aliphatic hydroxyl groups excluding tert-OH is 2. The molecular formula is C9H20N2O3. The van der Waals surface area contributed by atoms with Crippen molar-refractivity contribution >= 4 is 5.91 Å². The second kappa shape index (κ2) is 6.75. The number of amides is 1. The van der Waals surface area contributed by atoms with Gasteiger partial charge in [0, 0.05) is 0 Å². The van der Waals surface area contributed by atoms with Crippen LogP contribution in [0.25, 0.3) is 0 Å². The maximum atomic E-state index is 11.3. The molecule has 0 radical (unpaired) electrons. The molecule has 0 rings (SSSR count). The van der Waals surface area contributed by atoms with Crippen LogP contribution in [-0.2, 0) is 4.79 Å². The predicted molar refractivity (Wildman–Crippen MR) is 53.9 cm³/mol. The monoisotopic (exact) mass is 204 g/mol. The van der Waals surface area contributed by atoms with Crippen molar-refractivity contribution in [2.75, 3.05) is 26.3 Å². The van der Waals surface area contributed by atoms with Gasteiger partial charge in [0.25, 0.3) is 0 Å². The van der Waals surface area contributed by atoms with Gasteiger partial charge in [-0.15, -0.1) is 0 Å². The first-order chi connectivity index (χ1) is 6.58. The summed E-state index contributed by atoms with van der Waals surface area (Å²) < 4.78 is 0. The Bertz CT molecular complexity index is 169. The summed E-state index contributed by atoms with van der Waals surface area (Å²) in [6.07, 6.45) is 0.963. The first-order valence-corrected chi connectivity index (χ1v) is 4.81. The second-order valence-electron chi connectivity index (χ2n) is 3.60. The SMILES string of the molecule is CCCNCC(=O)NC(C)(CO)CO. The standard InChI is InChI=1S/C9H20N2O3/c1-3-4-10-5-8(14)11-9(2,6-12)7-13/h10,12-13H,3-7H2,1-2H3,(H,11,14). The van der Waals surface area contributed by atoms with Crippen LogP contribution in [0.4, 0.5) is 0 Å². The molecule has 0 aliphatic carbocycles. The van der Waals surface area contributed by atoms with E-state index < -0.39 is 5.54 Å². The Balaban J connectivity index is 3.80. The topological polar surface area (TPSA) is 81.6 Å². The highest BCUT2D eigenvalue weighted by molar-refractivity contribution is 5.78. The summed E-state index contributed by atoms with van der Waals surface area (Å²) in [5.74, 6) is -0.218. The highest BCUT2D eigenvalue weighted by Crippen LogP contribution is 1.99. The van der Waals surface area contributed by atoms with Gasteiger partial charge in [-0.2, -0.15) is 0 Å².